The lowest BCUT2D eigenvalue weighted by Gasteiger charge is -2.31. The summed E-state index contributed by atoms with van der Waals surface area (Å²) in [6.45, 7) is 0. The molecule has 1 aromatic rings. The van der Waals surface area contributed by atoms with Gasteiger partial charge < -0.3 is 4.74 Å². The first-order valence-electron chi connectivity index (χ1n) is 7.44. The number of imide groups is 1. The average Bonchev–Trinajstić information content (AvgIpc) is 2.50. The quantitative estimate of drug-likeness (QED) is 0.827. The van der Waals surface area contributed by atoms with Crippen LogP contribution in [0.25, 0.3) is 0 Å². The van der Waals surface area contributed by atoms with Gasteiger partial charge in [0.2, 0.25) is 11.8 Å². The maximum atomic E-state index is 11.9. The van der Waals surface area contributed by atoms with E-state index in [0.717, 1.165) is 25.0 Å². The highest BCUT2D eigenvalue weighted by Gasteiger charge is 2.30. The largest absolute Gasteiger partial charge is 0.497 e. The zero-order chi connectivity index (χ0) is 14.8. The minimum absolute atomic E-state index is 0.146. The summed E-state index contributed by atoms with van der Waals surface area (Å²) in [5, 5.41) is 5.82. The van der Waals surface area contributed by atoms with Crippen LogP contribution < -0.4 is 15.4 Å². The molecule has 2 atom stereocenters. The number of ether oxygens (including phenoxy) is 1. The van der Waals surface area contributed by atoms with Gasteiger partial charge in [0.15, 0.2) is 0 Å². The molecule has 1 heterocycles. The van der Waals surface area contributed by atoms with Gasteiger partial charge in [-0.05, 0) is 48.9 Å². The molecule has 112 valence electrons. The first-order chi connectivity index (χ1) is 10.2. The third kappa shape index (κ3) is 2.93. The number of piperidine rings is 1. The second-order valence-corrected chi connectivity index (χ2v) is 5.68. The number of aryl methyl sites for hydroxylation is 1. The summed E-state index contributed by atoms with van der Waals surface area (Å²) in [5.41, 5.74) is 2.53. The molecule has 0 saturated carbocycles. The topological polar surface area (TPSA) is 67.4 Å². The molecule has 0 aromatic heterocycles. The highest BCUT2D eigenvalue weighted by molar-refractivity contribution is 6.00. The van der Waals surface area contributed by atoms with Gasteiger partial charge in [-0.2, -0.15) is 0 Å². The molecule has 1 saturated heterocycles. The van der Waals surface area contributed by atoms with E-state index in [4.69, 9.17) is 4.74 Å². The molecule has 5 nitrogen and oxygen atoms in total. The van der Waals surface area contributed by atoms with E-state index >= 15 is 0 Å². The van der Waals surface area contributed by atoms with Crippen molar-refractivity contribution in [2.24, 2.45) is 0 Å². The third-order valence-electron chi connectivity index (χ3n) is 4.31. The van der Waals surface area contributed by atoms with Gasteiger partial charge in [-0.15, -0.1) is 0 Å². The number of nitrogens with one attached hydrogen (secondary N) is 2. The Bertz CT molecular complexity index is 571. The summed E-state index contributed by atoms with van der Waals surface area (Å²) < 4.78 is 5.30. The van der Waals surface area contributed by atoms with Crippen LogP contribution in [-0.4, -0.2) is 25.0 Å². The Kier molecular flexibility index (Phi) is 3.92. The zero-order valence-corrected chi connectivity index (χ0v) is 12.1. The monoisotopic (exact) mass is 288 g/mol. The Hall–Kier alpha value is -1.88. The van der Waals surface area contributed by atoms with E-state index in [0.29, 0.717) is 12.8 Å². The fourth-order valence-electron chi connectivity index (χ4n) is 3.17. The molecule has 1 aromatic carbocycles. The molecule has 2 aliphatic rings. The van der Waals surface area contributed by atoms with Crippen molar-refractivity contribution in [2.75, 3.05) is 7.11 Å². The predicted molar refractivity (Wildman–Crippen MR) is 78.0 cm³/mol. The predicted octanol–water partition coefficient (Wildman–Crippen LogP) is 1.47. The fraction of sp³-hybridized carbons (Fsp3) is 0.500. The van der Waals surface area contributed by atoms with E-state index in [-0.39, 0.29) is 23.9 Å². The molecule has 2 unspecified atom stereocenters. The van der Waals surface area contributed by atoms with Crippen LogP contribution >= 0.6 is 0 Å². The Morgan fingerprint density at radius 2 is 2.05 bits per heavy atom. The minimum Gasteiger partial charge on any atom is -0.497 e. The average molecular weight is 288 g/mol. The second kappa shape index (κ2) is 5.85. The Labute approximate surface area is 124 Å². The van der Waals surface area contributed by atoms with Crippen molar-refractivity contribution in [2.45, 2.75) is 44.2 Å². The van der Waals surface area contributed by atoms with Crippen LogP contribution in [-0.2, 0) is 16.0 Å². The van der Waals surface area contributed by atoms with Gasteiger partial charge in [0.1, 0.15) is 5.75 Å². The molecule has 1 aliphatic carbocycles. The lowest BCUT2D eigenvalue weighted by atomic mass is 9.86. The van der Waals surface area contributed by atoms with E-state index in [1.165, 1.54) is 11.1 Å². The molecular formula is C16H20N2O3. The molecule has 21 heavy (non-hydrogen) atoms. The summed E-state index contributed by atoms with van der Waals surface area (Å²) in [5.74, 6) is 0.454. The molecule has 1 aliphatic heterocycles. The molecule has 5 heteroatoms. The van der Waals surface area contributed by atoms with Crippen LogP contribution in [0.3, 0.4) is 0 Å². The number of carbonyl (C=O) groups is 2. The van der Waals surface area contributed by atoms with Crippen molar-refractivity contribution < 1.29 is 14.3 Å². The van der Waals surface area contributed by atoms with Crippen LogP contribution in [0, 0.1) is 0 Å². The maximum absolute atomic E-state index is 11.9. The normalized spacial score (nSPS) is 25.2. The van der Waals surface area contributed by atoms with E-state index in [1.807, 2.05) is 6.07 Å². The van der Waals surface area contributed by atoms with Gasteiger partial charge in [0, 0.05) is 12.5 Å². The van der Waals surface area contributed by atoms with Gasteiger partial charge >= 0.3 is 0 Å². The van der Waals surface area contributed by atoms with Crippen molar-refractivity contribution >= 4 is 11.8 Å². The second-order valence-electron chi connectivity index (χ2n) is 5.68. The van der Waals surface area contributed by atoms with Crippen LogP contribution in [0.1, 0.15) is 42.9 Å². The van der Waals surface area contributed by atoms with E-state index in [9.17, 15) is 9.59 Å². The summed E-state index contributed by atoms with van der Waals surface area (Å²) in [6, 6.07) is 6.00. The van der Waals surface area contributed by atoms with Crippen molar-refractivity contribution in [3.8, 4) is 5.75 Å². The Balaban J connectivity index is 1.78. The highest BCUT2D eigenvalue weighted by atomic mass is 16.5. The van der Waals surface area contributed by atoms with Gasteiger partial charge in [-0.25, -0.2) is 0 Å². The number of benzene rings is 1. The van der Waals surface area contributed by atoms with Crippen LogP contribution in [0.15, 0.2) is 18.2 Å². The number of fused-ring (bicyclic) bond motifs is 1. The highest BCUT2D eigenvalue weighted by Crippen LogP contribution is 2.33. The SMILES string of the molecule is COc1ccc2c(c1)C(NC1CCC(=O)NC1=O)CCC2. The van der Waals surface area contributed by atoms with Crippen molar-refractivity contribution in [3.05, 3.63) is 29.3 Å². The molecular weight excluding hydrogens is 268 g/mol. The summed E-state index contributed by atoms with van der Waals surface area (Å²) in [4.78, 5) is 23.1. The number of carbonyl (C=O) groups excluding carboxylic acids is 2. The number of hydrogen-bond acceptors (Lipinski definition) is 4. The van der Waals surface area contributed by atoms with Crippen LogP contribution in [0.2, 0.25) is 0 Å². The molecule has 2 N–H and O–H groups in total. The lowest BCUT2D eigenvalue weighted by Crippen LogP contribution is -2.51. The Morgan fingerprint density at radius 3 is 2.81 bits per heavy atom. The van der Waals surface area contributed by atoms with Crippen LogP contribution in [0.4, 0.5) is 0 Å². The number of rotatable bonds is 3. The lowest BCUT2D eigenvalue weighted by molar-refractivity contribution is -0.134. The van der Waals surface area contributed by atoms with Crippen molar-refractivity contribution in [1.82, 2.24) is 10.6 Å². The standard InChI is InChI=1S/C16H20N2O3/c1-21-11-6-5-10-3-2-4-13(12(10)9-11)17-14-7-8-15(19)18-16(14)20/h5-6,9,13-14,17H,2-4,7-8H2,1H3,(H,18,19,20). The first-order valence-corrected chi connectivity index (χ1v) is 7.44. The molecule has 0 radical (unpaired) electrons. The van der Waals surface area contributed by atoms with Crippen molar-refractivity contribution in [1.29, 1.82) is 0 Å². The Morgan fingerprint density at radius 1 is 1.19 bits per heavy atom. The zero-order valence-electron chi connectivity index (χ0n) is 12.1. The summed E-state index contributed by atoms with van der Waals surface area (Å²) in [6.07, 6.45) is 4.14. The molecule has 0 spiro atoms. The molecule has 0 bridgehead atoms. The van der Waals surface area contributed by atoms with Gasteiger partial charge in [-0.1, -0.05) is 6.07 Å². The smallest absolute Gasteiger partial charge is 0.243 e. The first kappa shape index (κ1) is 14.1. The fourth-order valence-corrected chi connectivity index (χ4v) is 3.17. The van der Waals surface area contributed by atoms with E-state index in [2.05, 4.69) is 22.8 Å². The summed E-state index contributed by atoms with van der Waals surface area (Å²) in [7, 11) is 1.66. The van der Waals surface area contributed by atoms with E-state index < -0.39 is 0 Å². The minimum atomic E-state index is -0.287. The number of hydrogen-bond donors (Lipinski definition) is 2. The third-order valence-corrected chi connectivity index (χ3v) is 4.31. The molecule has 3 rings (SSSR count). The number of methoxy groups -OCH3 is 1. The van der Waals surface area contributed by atoms with Crippen molar-refractivity contribution in [3.63, 3.8) is 0 Å². The molecule has 1 fully saturated rings. The van der Waals surface area contributed by atoms with Crippen LogP contribution in [0.5, 0.6) is 5.75 Å². The maximum Gasteiger partial charge on any atom is 0.243 e. The van der Waals surface area contributed by atoms with Gasteiger partial charge in [-0.3, -0.25) is 20.2 Å². The number of amides is 2. The molecule has 2 amide bonds. The van der Waals surface area contributed by atoms with Gasteiger partial charge in [0.05, 0.1) is 13.2 Å². The van der Waals surface area contributed by atoms with Gasteiger partial charge in [0.25, 0.3) is 0 Å². The van der Waals surface area contributed by atoms with E-state index in [1.54, 1.807) is 7.11 Å². The summed E-state index contributed by atoms with van der Waals surface area (Å²) >= 11 is 0.